The van der Waals surface area contributed by atoms with Crippen molar-refractivity contribution in [1.29, 1.82) is 0 Å². The molecular weight excluding hydrogens is 661 g/mol. The first-order valence-corrected chi connectivity index (χ1v) is 19.0. The lowest BCUT2D eigenvalue weighted by molar-refractivity contribution is 0.446. The normalized spacial score (nSPS) is 16.2. The zero-order valence-corrected chi connectivity index (χ0v) is 30.7. The molecule has 54 heavy (non-hydrogen) atoms. The lowest BCUT2D eigenvalue weighted by Gasteiger charge is -2.49. The highest BCUT2D eigenvalue weighted by Crippen LogP contribution is 2.60. The molecule has 5 aliphatic heterocycles. The fourth-order valence-electron chi connectivity index (χ4n) is 10.4. The second-order valence-electron chi connectivity index (χ2n) is 16.4. The average molecular weight is 698 g/mol. The van der Waals surface area contributed by atoms with Gasteiger partial charge in [-0.3, -0.25) is 4.90 Å². The minimum absolute atomic E-state index is 0.195. The van der Waals surface area contributed by atoms with E-state index in [1.54, 1.807) is 0 Å². The van der Waals surface area contributed by atoms with Crippen molar-refractivity contribution in [1.82, 2.24) is 0 Å². The molecule has 0 unspecified atom stereocenters. The van der Waals surface area contributed by atoms with E-state index in [-0.39, 0.29) is 17.5 Å². The van der Waals surface area contributed by atoms with E-state index >= 15 is 0 Å². The van der Waals surface area contributed by atoms with Crippen LogP contribution in [0.15, 0.2) is 133 Å². The number of benzene rings is 7. The van der Waals surface area contributed by atoms with Crippen LogP contribution in [0.1, 0.15) is 61.1 Å². The predicted octanol–water partition coefficient (Wildman–Crippen LogP) is 10.5. The number of nitrogens with zero attached hydrogens (tertiary/aromatic N) is 1. The van der Waals surface area contributed by atoms with Crippen LogP contribution < -0.4 is 35.5 Å². The van der Waals surface area contributed by atoms with E-state index in [4.69, 9.17) is 14.2 Å². The first kappa shape index (κ1) is 30.3. The SMILES string of the molecule is CC1(C)c2cccc3c2B2c4c(cccc4C(C)(C)c4cc(Oc5ccccc5-c5cc6c7c(c5)Oc5ccccc5N7c5ccccc5O6)cc1c42)C3. The fraction of sp³-hybridized carbons (Fsp3) is 0.143. The Morgan fingerprint density at radius 3 is 1.67 bits per heavy atom. The maximum Gasteiger partial charge on any atom is 0.243 e. The summed E-state index contributed by atoms with van der Waals surface area (Å²) < 4.78 is 20.3. The summed E-state index contributed by atoms with van der Waals surface area (Å²) in [6, 6.07) is 47.5. The third-order valence-corrected chi connectivity index (χ3v) is 12.8. The molecule has 12 rings (SSSR count). The molecule has 5 heterocycles. The van der Waals surface area contributed by atoms with Crippen molar-refractivity contribution >= 4 is 40.2 Å². The Morgan fingerprint density at radius 2 is 1.07 bits per heavy atom. The van der Waals surface area contributed by atoms with E-state index in [1.165, 1.54) is 49.8 Å². The van der Waals surface area contributed by atoms with Gasteiger partial charge in [-0.2, -0.15) is 0 Å². The highest BCUT2D eigenvalue weighted by atomic mass is 16.5. The molecule has 7 aromatic carbocycles. The fourth-order valence-corrected chi connectivity index (χ4v) is 10.4. The van der Waals surface area contributed by atoms with Gasteiger partial charge < -0.3 is 14.2 Å². The van der Waals surface area contributed by atoms with Gasteiger partial charge in [0.25, 0.3) is 0 Å². The monoisotopic (exact) mass is 697 g/mol. The molecular formula is C49H36BNO3. The Kier molecular flexibility index (Phi) is 5.76. The summed E-state index contributed by atoms with van der Waals surface area (Å²) in [5.41, 5.74) is 17.5. The molecule has 4 nitrogen and oxygen atoms in total. The van der Waals surface area contributed by atoms with Crippen molar-refractivity contribution < 1.29 is 14.2 Å². The van der Waals surface area contributed by atoms with Crippen LogP contribution in [0.4, 0.5) is 17.1 Å². The Hall–Kier alpha value is -6.20. The summed E-state index contributed by atoms with van der Waals surface area (Å²) in [5.74, 6) is 4.75. The molecule has 0 N–H and O–H groups in total. The van der Waals surface area contributed by atoms with Crippen LogP contribution in [0.25, 0.3) is 11.1 Å². The van der Waals surface area contributed by atoms with Gasteiger partial charge in [0.05, 0.1) is 11.4 Å². The molecule has 0 bridgehead atoms. The Balaban J connectivity index is 1.02. The number of fused-ring (bicyclic) bond motifs is 4. The highest BCUT2D eigenvalue weighted by molar-refractivity contribution is 6.98. The van der Waals surface area contributed by atoms with Gasteiger partial charge in [0, 0.05) is 16.4 Å². The Labute approximate surface area is 315 Å². The van der Waals surface area contributed by atoms with Crippen LogP contribution in [0.3, 0.4) is 0 Å². The highest BCUT2D eigenvalue weighted by Gasteiger charge is 2.51. The quantitative estimate of drug-likeness (QED) is 0.172. The third kappa shape index (κ3) is 3.84. The molecule has 258 valence electrons. The van der Waals surface area contributed by atoms with Crippen LogP contribution in [-0.2, 0) is 17.3 Å². The predicted molar refractivity (Wildman–Crippen MR) is 218 cm³/mol. The van der Waals surface area contributed by atoms with Gasteiger partial charge in [0.15, 0.2) is 23.0 Å². The minimum atomic E-state index is -0.195. The van der Waals surface area contributed by atoms with Crippen LogP contribution in [0, 0.1) is 0 Å². The van der Waals surface area contributed by atoms with E-state index in [0.717, 1.165) is 69.1 Å². The summed E-state index contributed by atoms with van der Waals surface area (Å²) in [7, 11) is 0. The summed E-state index contributed by atoms with van der Waals surface area (Å²) in [6.07, 6.45) is 0.995. The van der Waals surface area contributed by atoms with Gasteiger partial charge >= 0.3 is 0 Å². The van der Waals surface area contributed by atoms with E-state index in [9.17, 15) is 0 Å². The lowest BCUT2D eigenvalue weighted by atomic mass is 9.25. The molecule has 0 atom stereocenters. The van der Waals surface area contributed by atoms with Crippen molar-refractivity contribution in [2.45, 2.75) is 44.9 Å². The van der Waals surface area contributed by atoms with Gasteiger partial charge in [-0.15, -0.1) is 0 Å². The molecule has 0 amide bonds. The van der Waals surface area contributed by atoms with Gasteiger partial charge in [-0.05, 0) is 100.0 Å². The lowest BCUT2D eigenvalue weighted by Crippen LogP contribution is -2.69. The number of anilines is 3. The number of rotatable bonds is 3. The van der Waals surface area contributed by atoms with Crippen molar-refractivity contribution in [2.75, 3.05) is 4.90 Å². The second kappa shape index (κ2) is 10.3. The van der Waals surface area contributed by atoms with Crippen LogP contribution in [0.5, 0.6) is 34.5 Å². The minimum Gasteiger partial charge on any atom is -0.457 e. The van der Waals surface area contributed by atoms with Crippen molar-refractivity contribution in [3.05, 3.63) is 167 Å². The number of para-hydroxylation sites is 5. The van der Waals surface area contributed by atoms with Gasteiger partial charge in [-0.25, -0.2) is 0 Å². The topological polar surface area (TPSA) is 30.9 Å². The third-order valence-electron chi connectivity index (χ3n) is 12.8. The molecule has 0 saturated carbocycles. The van der Waals surface area contributed by atoms with Gasteiger partial charge in [-0.1, -0.05) is 123 Å². The zero-order chi connectivity index (χ0) is 36.1. The van der Waals surface area contributed by atoms with Crippen molar-refractivity contribution in [3.63, 3.8) is 0 Å². The van der Waals surface area contributed by atoms with E-state index in [0.29, 0.717) is 0 Å². The molecule has 0 aliphatic carbocycles. The summed E-state index contributed by atoms with van der Waals surface area (Å²) in [5, 5.41) is 0. The molecule has 0 spiro atoms. The molecule has 7 aromatic rings. The first-order valence-electron chi connectivity index (χ1n) is 19.0. The number of hydrogen-bond donors (Lipinski definition) is 0. The Bertz CT molecular complexity index is 2660. The van der Waals surface area contributed by atoms with Gasteiger partial charge in [0.2, 0.25) is 6.71 Å². The average Bonchev–Trinajstić information content (AvgIpc) is 3.18. The van der Waals surface area contributed by atoms with E-state index < -0.39 is 0 Å². The van der Waals surface area contributed by atoms with E-state index in [1.807, 2.05) is 36.4 Å². The number of hydrogen-bond acceptors (Lipinski definition) is 4. The first-order chi connectivity index (χ1) is 26.3. The molecule has 5 heteroatoms. The molecule has 0 radical (unpaired) electrons. The zero-order valence-electron chi connectivity index (χ0n) is 30.7. The maximum absolute atomic E-state index is 7.10. The maximum atomic E-state index is 7.10. The smallest absolute Gasteiger partial charge is 0.243 e. The number of ether oxygens (including phenoxy) is 3. The second-order valence-corrected chi connectivity index (χ2v) is 16.4. The standard InChI is InChI=1S/C49H36BNO3/c1-48(2)33-16-11-13-28-23-29-14-12-17-34-45(29)50(44(28)33)46-35(48)26-31(27-36(46)49(34,3)4)52-39-20-8-5-15-32(39)30-24-42-47-43(25-30)54-41-22-10-7-19-38(41)51(47)37-18-6-9-21-40(37)53-42/h5-22,24-27H,23H2,1-4H3. The molecule has 0 fully saturated rings. The van der Waals surface area contributed by atoms with Crippen molar-refractivity contribution in [3.8, 4) is 45.6 Å². The van der Waals surface area contributed by atoms with Crippen LogP contribution in [-0.4, -0.2) is 6.71 Å². The largest absolute Gasteiger partial charge is 0.457 e. The van der Waals surface area contributed by atoms with Gasteiger partial charge in [0.1, 0.15) is 17.2 Å². The summed E-state index contributed by atoms with van der Waals surface area (Å²) in [4.78, 5) is 2.26. The molecule has 0 aromatic heterocycles. The van der Waals surface area contributed by atoms with Crippen LogP contribution >= 0.6 is 0 Å². The summed E-state index contributed by atoms with van der Waals surface area (Å²) >= 11 is 0. The summed E-state index contributed by atoms with van der Waals surface area (Å²) in [6.45, 7) is 9.83. The van der Waals surface area contributed by atoms with Crippen molar-refractivity contribution in [2.24, 2.45) is 0 Å². The van der Waals surface area contributed by atoms with Crippen LogP contribution in [0.2, 0.25) is 0 Å². The Morgan fingerprint density at radius 1 is 0.537 bits per heavy atom. The molecule has 5 aliphatic rings. The van der Waals surface area contributed by atoms with E-state index in [2.05, 4.69) is 130 Å². The molecule has 0 saturated heterocycles.